The molecule has 1 aliphatic heterocycles. The lowest BCUT2D eigenvalue weighted by molar-refractivity contribution is -0.135. The maximum Gasteiger partial charge on any atom is 0.234 e. The van der Waals surface area contributed by atoms with Gasteiger partial charge in [0.1, 0.15) is 0 Å². The maximum atomic E-state index is 12.5. The molecule has 1 unspecified atom stereocenters. The fourth-order valence-corrected chi connectivity index (χ4v) is 3.03. The SMILES string of the molecule is C#CCNC(=O)CN1CCCN(C(=O)C2CC=CCC2)CC1. The van der Waals surface area contributed by atoms with E-state index in [1.165, 1.54) is 0 Å². The molecule has 5 heteroatoms. The van der Waals surface area contributed by atoms with Crippen molar-refractivity contribution < 1.29 is 9.59 Å². The molecule has 5 nitrogen and oxygen atoms in total. The summed E-state index contributed by atoms with van der Waals surface area (Å²) in [5.41, 5.74) is 0. The Labute approximate surface area is 132 Å². The summed E-state index contributed by atoms with van der Waals surface area (Å²) in [5.74, 6) is 2.78. The molecule has 1 aliphatic carbocycles. The van der Waals surface area contributed by atoms with Crippen LogP contribution in [0.1, 0.15) is 25.7 Å². The van der Waals surface area contributed by atoms with E-state index in [1.54, 1.807) is 0 Å². The Morgan fingerprint density at radius 3 is 2.82 bits per heavy atom. The summed E-state index contributed by atoms with van der Waals surface area (Å²) in [6.07, 6.45) is 13.2. The molecule has 120 valence electrons. The van der Waals surface area contributed by atoms with Crippen LogP contribution in [0.5, 0.6) is 0 Å². The highest BCUT2D eigenvalue weighted by atomic mass is 16.2. The van der Waals surface area contributed by atoms with Crippen molar-refractivity contribution in [1.29, 1.82) is 0 Å². The van der Waals surface area contributed by atoms with Crippen molar-refractivity contribution >= 4 is 11.8 Å². The minimum absolute atomic E-state index is 0.0462. The lowest BCUT2D eigenvalue weighted by atomic mass is 9.93. The molecule has 22 heavy (non-hydrogen) atoms. The smallest absolute Gasteiger partial charge is 0.234 e. The monoisotopic (exact) mass is 303 g/mol. The highest BCUT2D eigenvalue weighted by Crippen LogP contribution is 2.21. The van der Waals surface area contributed by atoms with Gasteiger partial charge in [-0.25, -0.2) is 0 Å². The Morgan fingerprint density at radius 1 is 1.23 bits per heavy atom. The highest BCUT2D eigenvalue weighted by molar-refractivity contribution is 5.79. The molecule has 0 saturated carbocycles. The summed E-state index contributed by atoms with van der Waals surface area (Å²) >= 11 is 0. The van der Waals surface area contributed by atoms with Crippen molar-refractivity contribution in [3.05, 3.63) is 12.2 Å². The van der Waals surface area contributed by atoms with Gasteiger partial charge in [-0.05, 0) is 25.7 Å². The van der Waals surface area contributed by atoms with Crippen LogP contribution in [0.4, 0.5) is 0 Å². The molecule has 1 atom stereocenters. The molecule has 1 fully saturated rings. The van der Waals surface area contributed by atoms with Gasteiger partial charge in [-0.15, -0.1) is 6.42 Å². The number of nitrogens with one attached hydrogen (secondary N) is 1. The van der Waals surface area contributed by atoms with E-state index in [1.807, 2.05) is 4.90 Å². The quantitative estimate of drug-likeness (QED) is 0.612. The third-order valence-electron chi connectivity index (χ3n) is 4.27. The van der Waals surface area contributed by atoms with E-state index in [2.05, 4.69) is 28.3 Å². The molecule has 2 aliphatic rings. The van der Waals surface area contributed by atoms with Crippen LogP contribution in [0.15, 0.2) is 12.2 Å². The fraction of sp³-hybridized carbons (Fsp3) is 0.647. The molecule has 1 heterocycles. The Hall–Kier alpha value is -1.80. The maximum absolute atomic E-state index is 12.5. The number of allylic oxidation sites excluding steroid dienone is 2. The number of nitrogens with zero attached hydrogens (tertiary/aromatic N) is 2. The van der Waals surface area contributed by atoms with E-state index in [9.17, 15) is 9.59 Å². The molecule has 0 aromatic rings. The van der Waals surface area contributed by atoms with Gasteiger partial charge < -0.3 is 10.2 Å². The molecule has 0 aromatic heterocycles. The van der Waals surface area contributed by atoms with E-state index in [-0.39, 0.29) is 24.3 Å². The van der Waals surface area contributed by atoms with Crippen LogP contribution in [-0.4, -0.2) is 60.9 Å². The molecular weight excluding hydrogens is 278 g/mol. The van der Waals surface area contributed by atoms with Crippen LogP contribution >= 0.6 is 0 Å². The fourth-order valence-electron chi connectivity index (χ4n) is 3.03. The minimum Gasteiger partial charge on any atom is -0.344 e. The van der Waals surface area contributed by atoms with Crippen molar-refractivity contribution in [1.82, 2.24) is 15.1 Å². The number of rotatable bonds is 4. The zero-order valence-electron chi connectivity index (χ0n) is 13.1. The van der Waals surface area contributed by atoms with Gasteiger partial charge in [0.25, 0.3) is 0 Å². The molecule has 0 spiro atoms. The first-order valence-corrected chi connectivity index (χ1v) is 8.07. The van der Waals surface area contributed by atoms with Crippen molar-refractivity contribution in [2.75, 3.05) is 39.3 Å². The number of carbonyl (C=O) groups excluding carboxylic acids is 2. The second-order valence-corrected chi connectivity index (χ2v) is 5.92. The summed E-state index contributed by atoms with van der Waals surface area (Å²) in [6.45, 7) is 3.72. The summed E-state index contributed by atoms with van der Waals surface area (Å²) in [4.78, 5) is 28.3. The molecule has 0 bridgehead atoms. The van der Waals surface area contributed by atoms with Crippen molar-refractivity contribution in [2.45, 2.75) is 25.7 Å². The van der Waals surface area contributed by atoms with Crippen LogP contribution in [-0.2, 0) is 9.59 Å². The van der Waals surface area contributed by atoms with Crippen LogP contribution < -0.4 is 5.32 Å². The number of terminal acetylenes is 1. The van der Waals surface area contributed by atoms with Gasteiger partial charge in [0.2, 0.25) is 11.8 Å². The van der Waals surface area contributed by atoms with E-state index >= 15 is 0 Å². The summed E-state index contributed by atoms with van der Waals surface area (Å²) in [6, 6.07) is 0. The summed E-state index contributed by atoms with van der Waals surface area (Å²) in [5, 5.41) is 2.68. The van der Waals surface area contributed by atoms with E-state index in [0.29, 0.717) is 13.1 Å². The van der Waals surface area contributed by atoms with Gasteiger partial charge in [0.05, 0.1) is 13.1 Å². The van der Waals surface area contributed by atoms with Crippen molar-refractivity contribution in [3.63, 3.8) is 0 Å². The number of amides is 2. The predicted molar refractivity (Wildman–Crippen MR) is 86.0 cm³/mol. The van der Waals surface area contributed by atoms with E-state index < -0.39 is 0 Å². The number of hydrogen-bond acceptors (Lipinski definition) is 3. The van der Waals surface area contributed by atoms with Gasteiger partial charge in [-0.2, -0.15) is 0 Å². The van der Waals surface area contributed by atoms with Crippen molar-refractivity contribution in [2.24, 2.45) is 5.92 Å². The zero-order valence-corrected chi connectivity index (χ0v) is 13.1. The summed E-state index contributed by atoms with van der Waals surface area (Å²) < 4.78 is 0. The summed E-state index contributed by atoms with van der Waals surface area (Å²) in [7, 11) is 0. The lowest BCUT2D eigenvalue weighted by Crippen LogP contribution is -2.41. The third-order valence-corrected chi connectivity index (χ3v) is 4.27. The molecular formula is C17H25N3O2. The second kappa shape index (κ2) is 8.60. The van der Waals surface area contributed by atoms with Gasteiger partial charge in [0.15, 0.2) is 0 Å². The van der Waals surface area contributed by atoms with Crippen LogP contribution in [0.2, 0.25) is 0 Å². The Balaban J connectivity index is 1.79. The number of carbonyl (C=O) groups is 2. The molecule has 0 aromatic carbocycles. The van der Waals surface area contributed by atoms with E-state index in [4.69, 9.17) is 6.42 Å². The first-order chi connectivity index (χ1) is 10.7. The van der Waals surface area contributed by atoms with Gasteiger partial charge in [0, 0.05) is 32.1 Å². The average molecular weight is 303 g/mol. The van der Waals surface area contributed by atoms with Crippen molar-refractivity contribution in [3.8, 4) is 12.3 Å². The Bertz CT molecular complexity index is 467. The van der Waals surface area contributed by atoms with Gasteiger partial charge in [-0.3, -0.25) is 14.5 Å². The standard InChI is InChI=1S/C17H25N3O2/c1-2-9-18-16(21)14-19-10-6-11-20(13-12-19)17(22)15-7-4-3-5-8-15/h1,3-4,15H,5-14H2,(H,18,21). The molecule has 0 radical (unpaired) electrons. The zero-order chi connectivity index (χ0) is 15.8. The third kappa shape index (κ3) is 4.88. The molecule has 1 saturated heterocycles. The Kier molecular flexibility index (Phi) is 6.47. The van der Waals surface area contributed by atoms with E-state index in [0.717, 1.165) is 45.3 Å². The first kappa shape index (κ1) is 16.6. The highest BCUT2D eigenvalue weighted by Gasteiger charge is 2.26. The normalized spacial score (nSPS) is 22.7. The first-order valence-electron chi connectivity index (χ1n) is 8.07. The molecule has 2 rings (SSSR count). The second-order valence-electron chi connectivity index (χ2n) is 5.92. The van der Waals surface area contributed by atoms with Gasteiger partial charge >= 0.3 is 0 Å². The Morgan fingerprint density at radius 2 is 2.09 bits per heavy atom. The number of hydrogen-bond donors (Lipinski definition) is 1. The minimum atomic E-state index is -0.0462. The lowest BCUT2D eigenvalue weighted by Gasteiger charge is -2.27. The molecule has 1 N–H and O–H groups in total. The predicted octanol–water partition coefficient (Wildman–Crippen LogP) is 0.626. The van der Waals surface area contributed by atoms with Crippen LogP contribution in [0.3, 0.4) is 0 Å². The van der Waals surface area contributed by atoms with Crippen LogP contribution in [0.25, 0.3) is 0 Å². The molecule has 2 amide bonds. The topological polar surface area (TPSA) is 52.7 Å². The average Bonchev–Trinajstić information content (AvgIpc) is 2.78. The van der Waals surface area contributed by atoms with Gasteiger partial charge in [-0.1, -0.05) is 18.1 Å². The largest absolute Gasteiger partial charge is 0.344 e. The van der Waals surface area contributed by atoms with Crippen LogP contribution in [0, 0.1) is 18.3 Å².